The largest absolute Gasteiger partial charge is 0.338 e. The lowest BCUT2D eigenvalue weighted by atomic mass is 9.94. The first-order valence-corrected chi connectivity index (χ1v) is 12.6. The van der Waals surface area contributed by atoms with E-state index in [1.165, 1.54) is 5.56 Å². The summed E-state index contributed by atoms with van der Waals surface area (Å²) in [6, 6.07) is 28.6. The number of amides is 1. The van der Waals surface area contributed by atoms with Crippen LogP contribution in [0.5, 0.6) is 0 Å². The van der Waals surface area contributed by atoms with Crippen molar-refractivity contribution >= 4 is 5.91 Å². The lowest BCUT2D eigenvalue weighted by Crippen LogP contribution is -2.42. The Morgan fingerprint density at radius 3 is 2.06 bits per heavy atom. The summed E-state index contributed by atoms with van der Waals surface area (Å²) in [6.07, 6.45) is 1.66. The van der Waals surface area contributed by atoms with Gasteiger partial charge in [-0.05, 0) is 44.0 Å². The van der Waals surface area contributed by atoms with Gasteiger partial charge < -0.3 is 9.42 Å². The number of benzene rings is 3. The number of hydrogen-bond acceptors (Lipinski definition) is 5. The first-order valence-electron chi connectivity index (χ1n) is 12.6. The Labute approximate surface area is 212 Å². The second-order valence-electron chi connectivity index (χ2n) is 9.59. The van der Waals surface area contributed by atoms with Crippen LogP contribution in [-0.4, -0.2) is 38.9 Å². The number of hydrogen-bond donors (Lipinski definition) is 0. The highest BCUT2D eigenvalue weighted by Crippen LogP contribution is 2.24. The molecule has 36 heavy (non-hydrogen) atoms. The van der Waals surface area contributed by atoms with Crippen LogP contribution < -0.4 is 0 Å². The number of carbonyl (C=O) groups is 1. The Hall–Kier alpha value is -3.77. The van der Waals surface area contributed by atoms with Crippen molar-refractivity contribution in [2.45, 2.75) is 39.4 Å². The topological polar surface area (TPSA) is 62.5 Å². The summed E-state index contributed by atoms with van der Waals surface area (Å²) in [4.78, 5) is 22.5. The van der Waals surface area contributed by atoms with E-state index in [1.54, 1.807) is 0 Å². The number of piperidine rings is 1. The number of aromatic nitrogens is 2. The summed E-state index contributed by atoms with van der Waals surface area (Å²) >= 11 is 0. The molecule has 0 atom stereocenters. The van der Waals surface area contributed by atoms with Gasteiger partial charge in [0.25, 0.3) is 0 Å². The summed E-state index contributed by atoms with van der Waals surface area (Å²) in [5.74, 6) is 1.50. The zero-order valence-corrected chi connectivity index (χ0v) is 20.7. The van der Waals surface area contributed by atoms with E-state index in [9.17, 15) is 4.79 Å². The Bertz CT molecular complexity index is 1210. The van der Waals surface area contributed by atoms with E-state index in [0.29, 0.717) is 31.3 Å². The van der Waals surface area contributed by atoms with E-state index in [4.69, 9.17) is 4.52 Å². The van der Waals surface area contributed by atoms with Gasteiger partial charge in [-0.15, -0.1) is 0 Å². The van der Waals surface area contributed by atoms with Gasteiger partial charge in [-0.2, -0.15) is 4.98 Å². The van der Waals surface area contributed by atoms with Crippen LogP contribution in [0, 0.1) is 12.8 Å². The molecular weight excluding hydrogens is 448 g/mol. The summed E-state index contributed by atoms with van der Waals surface area (Å²) in [6.45, 7) is 5.59. The second kappa shape index (κ2) is 11.3. The van der Waals surface area contributed by atoms with Gasteiger partial charge in [-0.3, -0.25) is 9.69 Å². The van der Waals surface area contributed by atoms with Gasteiger partial charge in [0.15, 0.2) is 0 Å². The van der Waals surface area contributed by atoms with Gasteiger partial charge in [-0.1, -0.05) is 95.6 Å². The van der Waals surface area contributed by atoms with Crippen LogP contribution in [0.15, 0.2) is 89.5 Å². The molecule has 184 valence electrons. The van der Waals surface area contributed by atoms with E-state index < -0.39 is 0 Å². The standard InChI is InChI=1S/C30H32N4O2/c1-23-12-14-26(15-13-23)29-31-28(36-32-29)22-33-18-16-27(17-19-33)30(35)34(20-24-8-4-2-5-9-24)21-25-10-6-3-7-11-25/h2-15,27H,16-22H2,1H3. The van der Waals surface area contributed by atoms with Crippen molar-refractivity contribution in [2.24, 2.45) is 5.92 Å². The number of likely N-dealkylation sites (tertiary alicyclic amines) is 1. The smallest absolute Gasteiger partial charge is 0.241 e. The zero-order chi connectivity index (χ0) is 24.7. The SMILES string of the molecule is Cc1ccc(-c2noc(CN3CCC(C(=O)N(Cc4ccccc4)Cc4ccccc4)CC3)n2)cc1. The van der Waals surface area contributed by atoms with E-state index in [0.717, 1.165) is 42.6 Å². The molecule has 0 unspecified atom stereocenters. The predicted octanol–water partition coefficient (Wildman–Crippen LogP) is 5.49. The fourth-order valence-electron chi connectivity index (χ4n) is 4.75. The number of carbonyl (C=O) groups excluding carboxylic acids is 1. The van der Waals surface area contributed by atoms with Crippen LogP contribution in [0.4, 0.5) is 0 Å². The number of nitrogens with zero attached hydrogens (tertiary/aromatic N) is 4. The highest BCUT2D eigenvalue weighted by atomic mass is 16.5. The number of rotatable bonds is 8. The maximum Gasteiger partial charge on any atom is 0.241 e. The van der Waals surface area contributed by atoms with Crippen LogP contribution in [0.2, 0.25) is 0 Å². The Morgan fingerprint density at radius 1 is 0.889 bits per heavy atom. The fourth-order valence-corrected chi connectivity index (χ4v) is 4.75. The molecule has 1 fully saturated rings. The van der Waals surface area contributed by atoms with Crippen LogP contribution in [0.1, 0.15) is 35.4 Å². The lowest BCUT2D eigenvalue weighted by Gasteiger charge is -2.34. The molecule has 5 rings (SSSR count). The molecule has 0 aliphatic carbocycles. The van der Waals surface area contributed by atoms with Gasteiger partial charge >= 0.3 is 0 Å². The monoisotopic (exact) mass is 480 g/mol. The first kappa shape index (κ1) is 23.9. The molecule has 3 aromatic carbocycles. The molecule has 0 saturated carbocycles. The Kier molecular flexibility index (Phi) is 7.52. The van der Waals surface area contributed by atoms with Crippen molar-refractivity contribution < 1.29 is 9.32 Å². The maximum atomic E-state index is 13.6. The molecule has 1 aliphatic rings. The average molecular weight is 481 g/mol. The van der Waals surface area contributed by atoms with Crippen molar-refractivity contribution in [3.63, 3.8) is 0 Å². The summed E-state index contributed by atoms with van der Waals surface area (Å²) < 4.78 is 5.52. The highest BCUT2D eigenvalue weighted by molar-refractivity contribution is 5.79. The van der Waals surface area contributed by atoms with Gasteiger partial charge in [0.1, 0.15) is 0 Å². The number of aryl methyl sites for hydroxylation is 1. The van der Waals surface area contributed by atoms with E-state index in [2.05, 4.69) is 46.2 Å². The minimum atomic E-state index is 0.0273. The molecule has 1 aliphatic heterocycles. The molecular formula is C30H32N4O2. The molecule has 2 heterocycles. The molecule has 4 aromatic rings. The summed E-state index contributed by atoms with van der Waals surface area (Å²) in [7, 11) is 0. The van der Waals surface area contributed by atoms with Gasteiger partial charge in [0, 0.05) is 24.6 Å². The molecule has 0 N–H and O–H groups in total. The van der Waals surface area contributed by atoms with E-state index in [1.807, 2.05) is 65.6 Å². The van der Waals surface area contributed by atoms with Crippen LogP contribution >= 0.6 is 0 Å². The normalized spacial score (nSPS) is 14.6. The van der Waals surface area contributed by atoms with E-state index in [-0.39, 0.29) is 11.8 Å². The van der Waals surface area contributed by atoms with Gasteiger partial charge in [0.2, 0.25) is 17.6 Å². The van der Waals surface area contributed by atoms with Crippen molar-refractivity contribution in [1.29, 1.82) is 0 Å². The third kappa shape index (κ3) is 6.07. The molecule has 0 bridgehead atoms. The van der Waals surface area contributed by atoms with Crippen molar-refractivity contribution in [3.05, 3.63) is 108 Å². The summed E-state index contributed by atoms with van der Waals surface area (Å²) in [5.41, 5.74) is 4.46. The Morgan fingerprint density at radius 2 is 1.47 bits per heavy atom. The van der Waals surface area contributed by atoms with Gasteiger partial charge in [0.05, 0.1) is 6.54 Å². The third-order valence-corrected chi connectivity index (χ3v) is 6.82. The molecule has 1 aromatic heterocycles. The van der Waals surface area contributed by atoms with E-state index >= 15 is 0 Å². The quantitative estimate of drug-likeness (QED) is 0.334. The van der Waals surface area contributed by atoms with Crippen molar-refractivity contribution in [3.8, 4) is 11.4 Å². The first-order chi connectivity index (χ1) is 17.6. The van der Waals surface area contributed by atoms with Crippen LogP contribution in [-0.2, 0) is 24.4 Å². The molecule has 6 heteroatoms. The minimum absolute atomic E-state index is 0.0273. The molecule has 1 saturated heterocycles. The second-order valence-corrected chi connectivity index (χ2v) is 9.59. The predicted molar refractivity (Wildman–Crippen MR) is 140 cm³/mol. The fraction of sp³-hybridized carbons (Fsp3) is 0.300. The third-order valence-electron chi connectivity index (χ3n) is 6.82. The van der Waals surface area contributed by atoms with Crippen molar-refractivity contribution in [2.75, 3.05) is 13.1 Å². The molecule has 6 nitrogen and oxygen atoms in total. The van der Waals surface area contributed by atoms with Crippen LogP contribution in [0.25, 0.3) is 11.4 Å². The van der Waals surface area contributed by atoms with Crippen molar-refractivity contribution in [1.82, 2.24) is 19.9 Å². The summed E-state index contributed by atoms with van der Waals surface area (Å²) in [5, 5.41) is 4.15. The molecule has 0 radical (unpaired) electrons. The maximum absolute atomic E-state index is 13.6. The molecule has 1 amide bonds. The van der Waals surface area contributed by atoms with Gasteiger partial charge in [-0.25, -0.2) is 0 Å². The lowest BCUT2D eigenvalue weighted by molar-refractivity contribution is -0.138. The average Bonchev–Trinajstić information content (AvgIpc) is 3.38. The minimum Gasteiger partial charge on any atom is -0.338 e. The Balaban J connectivity index is 1.19. The van der Waals surface area contributed by atoms with Crippen LogP contribution in [0.3, 0.4) is 0 Å². The zero-order valence-electron chi connectivity index (χ0n) is 20.7. The molecule has 0 spiro atoms. The highest BCUT2D eigenvalue weighted by Gasteiger charge is 2.29.